The number of anilines is 1. The van der Waals surface area contributed by atoms with E-state index in [1.54, 1.807) is 55.6 Å². The zero-order valence-corrected chi connectivity index (χ0v) is 18.6. The van der Waals surface area contributed by atoms with Gasteiger partial charge in [-0.3, -0.25) is 14.6 Å². The van der Waals surface area contributed by atoms with E-state index in [2.05, 4.69) is 17.2 Å². The first-order valence-electron chi connectivity index (χ1n) is 10.4. The number of aliphatic imine (C=N–C) groups is 1. The van der Waals surface area contributed by atoms with Crippen LogP contribution in [-0.2, 0) is 4.79 Å². The van der Waals surface area contributed by atoms with Gasteiger partial charge < -0.3 is 5.32 Å². The second kappa shape index (κ2) is 8.93. The average molecular weight is 443 g/mol. The SMILES string of the molecule is CC(C1=CC=N[C@]1(C)C(=O)Nc1ccc(Cl)cc1C(=O)c1ccccc1)c1ccccc1. The van der Waals surface area contributed by atoms with Gasteiger partial charge in [0.2, 0.25) is 0 Å². The number of carbonyl (C=O) groups is 2. The minimum absolute atomic E-state index is 0.00471. The van der Waals surface area contributed by atoms with Gasteiger partial charge in [-0.15, -0.1) is 0 Å². The van der Waals surface area contributed by atoms with Crippen molar-refractivity contribution in [3.05, 3.63) is 112 Å². The van der Waals surface area contributed by atoms with Gasteiger partial charge in [0.15, 0.2) is 11.3 Å². The molecule has 1 aliphatic heterocycles. The van der Waals surface area contributed by atoms with E-state index in [1.165, 1.54) is 0 Å². The molecule has 1 aliphatic rings. The van der Waals surface area contributed by atoms with E-state index in [0.717, 1.165) is 11.1 Å². The summed E-state index contributed by atoms with van der Waals surface area (Å²) in [4.78, 5) is 31.1. The third-order valence-electron chi connectivity index (χ3n) is 5.87. The van der Waals surface area contributed by atoms with Gasteiger partial charge in [-0.2, -0.15) is 0 Å². The highest BCUT2D eigenvalue weighted by Gasteiger charge is 2.41. The van der Waals surface area contributed by atoms with Crippen LogP contribution >= 0.6 is 11.6 Å². The fourth-order valence-corrected chi connectivity index (χ4v) is 4.15. The van der Waals surface area contributed by atoms with Crippen LogP contribution in [0.3, 0.4) is 0 Å². The molecular formula is C27H23ClN2O2. The lowest BCUT2D eigenvalue weighted by molar-refractivity contribution is -0.119. The maximum absolute atomic E-state index is 13.5. The minimum Gasteiger partial charge on any atom is -0.323 e. The van der Waals surface area contributed by atoms with E-state index in [1.807, 2.05) is 42.5 Å². The molecule has 0 spiro atoms. The molecule has 160 valence electrons. The second-order valence-electron chi connectivity index (χ2n) is 7.94. The number of hydrogen-bond acceptors (Lipinski definition) is 3. The molecule has 1 amide bonds. The van der Waals surface area contributed by atoms with Crippen LogP contribution in [-0.4, -0.2) is 23.4 Å². The van der Waals surface area contributed by atoms with Crippen molar-refractivity contribution >= 4 is 35.2 Å². The maximum atomic E-state index is 13.5. The lowest BCUT2D eigenvalue weighted by Crippen LogP contribution is -2.40. The number of carbonyl (C=O) groups excluding carboxylic acids is 2. The lowest BCUT2D eigenvalue weighted by atomic mass is 9.81. The Morgan fingerprint density at radius 1 is 0.969 bits per heavy atom. The van der Waals surface area contributed by atoms with E-state index in [-0.39, 0.29) is 17.6 Å². The highest BCUT2D eigenvalue weighted by atomic mass is 35.5. The molecule has 32 heavy (non-hydrogen) atoms. The molecule has 0 bridgehead atoms. The highest BCUT2D eigenvalue weighted by molar-refractivity contribution is 6.31. The summed E-state index contributed by atoms with van der Waals surface area (Å²) in [5, 5.41) is 3.36. The highest BCUT2D eigenvalue weighted by Crippen LogP contribution is 2.38. The zero-order valence-electron chi connectivity index (χ0n) is 17.9. The molecule has 0 saturated heterocycles. The number of halogens is 1. The Morgan fingerprint density at radius 2 is 1.62 bits per heavy atom. The molecule has 0 radical (unpaired) electrons. The van der Waals surface area contributed by atoms with E-state index in [4.69, 9.17) is 11.6 Å². The summed E-state index contributed by atoms with van der Waals surface area (Å²) < 4.78 is 0. The van der Waals surface area contributed by atoms with Gasteiger partial charge in [0.05, 0.1) is 5.69 Å². The third-order valence-corrected chi connectivity index (χ3v) is 6.10. The molecule has 3 aromatic carbocycles. The predicted molar refractivity (Wildman–Crippen MR) is 130 cm³/mol. The first kappa shape index (κ1) is 21.7. The summed E-state index contributed by atoms with van der Waals surface area (Å²) in [6.45, 7) is 3.86. The van der Waals surface area contributed by atoms with Crippen LogP contribution in [0.25, 0.3) is 0 Å². The van der Waals surface area contributed by atoms with Gasteiger partial charge in [-0.25, -0.2) is 0 Å². The van der Waals surface area contributed by atoms with Crippen molar-refractivity contribution in [3.8, 4) is 0 Å². The quantitative estimate of drug-likeness (QED) is 0.470. The Balaban J connectivity index is 1.63. The van der Waals surface area contributed by atoms with E-state index >= 15 is 0 Å². The van der Waals surface area contributed by atoms with Crippen LogP contribution < -0.4 is 5.32 Å². The number of nitrogens with one attached hydrogen (secondary N) is 1. The zero-order chi connectivity index (χ0) is 22.7. The Labute approximate surface area is 192 Å². The molecule has 4 nitrogen and oxygen atoms in total. The van der Waals surface area contributed by atoms with Gasteiger partial charge in [0.25, 0.3) is 5.91 Å². The first-order valence-corrected chi connectivity index (χ1v) is 10.8. The van der Waals surface area contributed by atoms with Gasteiger partial charge in [-0.05, 0) is 42.3 Å². The summed E-state index contributed by atoms with van der Waals surface area (Å²) in [5.74, 6) is -0.508. The Morgan fingerprint density at radius 3 is 2.31 bits per heavy atom. The van der Waals surface area contributed by atoms with Gasteiger partial charge in [0.1, 0.15) is 0 Å². The van der Waals surface area contributed by atoms with Crippen LogP contribution in [0.2, 0.25) is 5.02 Å². The Bertz CT molecular complexity index is 1220. The molecule has 0 aliphatic carbocycles. The number of hydrogen-bond donors (Lipinski definition) is 1. The Hall–Kier alpha value is -3.50. The van der Waals surface area contributed by atoms with E-state index in [9.17, 15) is 9.59 Å². The largest absolute Gasteiger partial charge is 0.323 e. The molecule has 0 saturated carbocycles. The van der Waals surface area contributed by atoms with Crippen molar-refractivity contribution in [2.24, 2.45) is 4.99 Å². The van der Waals surface area contributed by atoms with Crippen molar-refractivity contribution in [1.29, 1.82) is 0 Å². The molecule has 4 rings (SSSR count). The van der Waals surface area contributed by atoms with Crippen molar-refractivity contribution < 1.29 is 9.59 Å². The van der Waals surface area contributed by atoms with E-state index < -0.39 is 5.54 Å². The smallest absolute Gasteiger partial charge is 0.256 e. The van der Waals surface area contributed by atoms with Crippen LogP contribution in [0, 0.1) is 0 Å². The lowest BCUT2D eigenvalue weighted by Gasteiger charge is -2.29. The summed E-state index contributed by atoms with van der Waals surface area (Å²) in [7, 11) is 0. The number of rotatable bonds is 6. The Kier molecular flexibility index (Phi) is 6.06. The number of allylic oxidation sites excluding steroid dienone is 1. The van der Waals surface area contributed by atoms with Crippen molar-refractivity contribution in [2.45, 2.75) is 25.3 Å². The molecule has 1 N–H and O–H groups in total. The number of ketones is 1. The van der Waals surface area contributed by atoms with Crippen molar-refractivity contribution in [3.63, 3.8) is 0 Å². The molecular weight excluding hydrogens is 420 g/mol. The fraction of sp³-hybridized carbons (Fsp3) is 0.148. The van der Waals surface area contributed by atoms with Crippen molar-refractivity contribution in [2.75, 3.05) is 5.32 Å². The molecule has 0 fully saturated rings. The van der Waals surface area contributed by atoms with Crippen LogP contribution in [0.1, 0.15) is 41.3 Å². The van der Waals surface area contributed by atoms with Crippen LogP contribution in [0.4, 0.5) is 5.69 Å². The number of benzene rings is 3. The second-order valence-corrected chi connectivity index (χ2v) is 8.38. The summed E-state index contributed by atoms with van der Waals surface area (Å²) in [6.07, 6.45) is 3.57. The molecule has 1 unspecified atom stereocenters. The van der Waals surface area contributed by atoms with Gasteiger partial charge in [-0.1, -0.05) is 79.2 Å². The third kappa shape index (κ3) is 4.14. The van der Waals surface area contributed by atoms with Crippen LogP contribution in [0.5, 0.6) is 0 Å². The average Bonchev–Trinajstić information content (AvgIpc) is 3.23. The fourth-order valence-electron chi connectivity index (χ4n) is 3.98. The number of amides is 1. The normalized spacial score (nSPS) is 18.2. The standard InChI is InChI=1S/C27H23ClN2O2/c1-18(19-9-5-3-6-10-19)23-15-16-29-27(23,2)26(32)30-24-14-13-21(28)17-22(24)25(31)20-11-7-4-8-12-20/h3-18H,1-2H3,(H,30,32)/t18?,27-/m0/s1. The number of nitrogens with zero attached hydrogens (tertiary/aromatic N) is 1. The van der Waals surface area contributed by atoms with Gasteiger partial charge >= 0.3 is 0 Å². The maximum Gasteiger partial charge on any atom is 0.256 e. The molecule has 3 aromatic rings. The first-order chi connectivity index (χ1) is 15.4. The van der Waals surface area contributed by atoms with E-state index in [0.29, 0.717) is 21.8 Å². The minimum atomic E-state index is -1.08. The topological polar surface area (TPSA) is 58.5 Å². The predicted octanol–water partition coefficient (Wildman–Crippen LogP) is 6.08. The molecule has 0 aromatic heterocycles. The molecule has 1 heterocycles. The molecule has 5 heteroatoms. The summed E-state index contributed by atoms with van der Waals surface area (Å²) in [6, 6.07) is 23.8. The monoisotopic (exact) mass is 442 g/mol. The van der Waals surface area contributed by atoms with Crippen molar-refractivity contribution in [1.82, 2.24) is 0 Å². The summed E-state index contributed by atoms with van der Waals surface area (Å²) >= 11 is 6.17. The van der Waals surface area contributed by atoms with Gasteiger partial charge in [0, 0.05) is 28.3 Å². The molecule has 2 atom stereocenters. The van der Waals surface area contributed by atoms with Crippen LogP contribution in [0.15, 0.2) is 95.5 Å². The summed E-state index contributed by atoms with van der Waals surface area (Å²) in [5.41, 5.74) is 2.18.